The second-order valence-electron chi connectivity index (χ2n) is 5.78. The van der Waals surface area contributed by atoms with Crippen molar-refractivity contribution in [2.24, 2.45) is 5.41 Å². The van der Waals surface area contributed by atoms with Gasteiger partial charge in [-0.15, -0.1) is 0 Å². The first-order chi connectivity index (χ1) is 8.87. The highest BCUT2D eigenvalue weighted by Gasteiger charge is 2.49. The van der Waals surface area contributed by atoms with Crippen LogP contribution in [0.15, 0.2) is 18.2 Å². The monoisotopic (exact) mass is 263 g/mol. The van der Waals surface area contributed by atoms with Crippen molar-refractivity contribution in [3.63, 3.8) is 0 Å². The van der Waals surface area contributed by atoms with Gasteiger partial charge in [-0.2, -0.15) is 0 Å². The summed E-state index contributed by atoms with van der Waals surface area (Å²) in [5.74, 6) is -0.172. The minimum Gasteiger partial charge on any atom is -0.507 e. The van der Waals surface area contributed by atoms with E-state index in [0.717, 1.165) is 6.42 Å². The first kappa shape index (κ1) is 13.9. The number of aromatic hydroxyl groups is 1. The molecule has 2 rings (SSSR count). The molecule has 0 aliphatic heterocycles. The predicted octanol–water partition coefficient (Wildman–Crippen LogP) is 2.24. The molecule has 0 radical (unpaired) electrons. The van der Waals surface area contributed by atoms with Crippen LogP contribution in [0.25, 0.3) is 0 Å². The van der Waals surface area contributed by atoms with Crippen LogP contribution in [0.5, 0.6) is 5.75 Å². The van der Waals surface area contributed by atoms with Crippen LogP contribution in [0.3, 0.4) is 0 Å². The maximum Gasteiger partial charge on any atom is 0.255 e. The molecule has 1 aromatic carbocycles. The minimum absolute atomic E-state index is 0.0559. The van der Waals surface area contributed by atoms with E-state index < -0.39 is 0 Å². The number of phenolic OH excluding ortho intramolecular Hbond substituents is 1. The first-order valence-electron chi connectivity index (χ1n) is 6.50. The summed E-state index contributed by atoms with van der Waals surface area (Å²) < 4.78 is 5.36. The molecular weight excluding hydrogens is 242 g/mol. The molecule has 1 aliphatic carbocycles. The summed E-state index contributed by atoms with van der Waals surface area (Å²) in [6.45, 7) is 5.93. The summed E-state index contributed by atoms with van der Waals surface area (Å²) in [6.07, 6.45) is 0.978. The number of carbonyl (C=O) groups is 1. The van der Waals surface area contributed by atoms with Gasteiger partial charge in [-0.3, -0.25) is 4.79 Å². The Morgan fingerprint density at radius 1 is 1.47 bits per heavy atom. The van der Waals surface area contributed by atoms with Gasteiger partial charge in [0.05, 0.1) is 11.7 Å². The molecule has 0 heterocycles. The zero-order valence-corrected chi connectivity index (χ0v) is 11.9. The number of carbonyl (C=O) groups excluding carboxylic acids is 1. The molecular formula is C15H21NO3. The number of ether oxygens (including phenoxy) is 1. The van der Waals surface area contributed by atoms with E-state index in [-0.39, 0.29) is 29.2 Å². The zero-order valence-electron chi connectivity index (χ0n) is 11.9. The van der Waals surface area contributed by atoms with Crippen LogP contribution in [0, 0.1) is 12.3 Å². The third-order valence-electron chi connectivity index (χ3n) is 4.25. The van der Waals surface area contributed by atoms with E-state index in [1.807, 2.05) is 0 Å². The van der Waals surface area contributed by atoms with Gasteiger partial charge in [0.1, 0.15) is 5.75 Å². The highest BCUT2D eigenvalue weighted by atomic mass is 16.5. The van der Waals surface area contributed by atoms with E-state index in [2.05, 4.69) is 19.2 Å². The van der Waals surface area contributed by atoms with E-state index in [9.17, 15) is 9.90 Å². The van der Waals surface area contributed by atoms with Gasteiger partial charge in [-0.05, 0) is 25.0 Å². The summed E-state index contributed by atoms with van der Waals surface area (Å²) in [5, 5.41) is 12.9. The van der Waals surface area contributed by atoms with Gasteiger partial charge in [-0.25, -0.2) is 0 Å². The average Bonchev–Trinajstić information content (AvgIpc) is 2.37. The summed E-state index contributed by atoms with van der Waals surface area (Å²) in [4.78, 5) is 12.2. The molecule has 2 N–H and O–H groups in total. The third-order valence-corrected chi connectivity index (χ3v) is 4.25. The van der Waals surface area contributed by atoms with Gasteiger partial charge in [0.2, 0.25) is 0 Å². The van der Waals surface area contributed by atoms with E-state index in [0.29, 0.717) is 11.1 Å². The Hall–Kier alpha value is -1.55. The standard InChI is InChI=1S/C15H21NO3/c1-9-6-5-7-10(13(9)17)14(18)16-11-8-12(19-4)15(11,2)3/h5-7,11-12,17H,8H2,1-4H3,(H,16,18). The van der Waals surface area contributed by atoms with Gasteiger partial charge < -0.3 is 15.2 Å². The number of hydrogen-bond donors (Lipinski definition) is 2. The van der Waals surface area contributed by atoms with Crippen molar-refractivity contribution >= 4 is 5.91 Å². The molecule has 0 saturated heterocycles. The molecule has 104 valence electrons. The van der Waals surface area contributed by atoms with Gasteiger partial charge in [-0.1, -0.05) is 26.0 Å². The number of phenols is 1. The fourth-order valence-electron chi connectivity index (χ4n) is 2.61. The maximum atomic E-state index is 12.2. The topological polar surface area (TPSA) is 58.6 Å². The average molecular weight is 263 g/mol. The fourth-order valence-corrected chi connectivity index (χ4v) is 2.61. The van der Waals surface area contributed by atoms with Crippen LogP contribution in [0.4, 0.5) is 0 Å². The lowest BCUT2D eigenvalue weighted by Crippen LogP contribution is -2.61. The molecule has 0 spiro atoms. The van der Waals surface area contributed by atoms with Crippen molar-refractivity contribution in [2.45, 2.75) is 39.3 Å². The third kappa shape index (κ3) is 2.32. The van der Waals surface area contributed by atoms with E-state index in [4.69, 9.17) is 4.74 Å². The Morgan fingerprint density at radius 2 is 2.16 bits per heavy atom. The van der Waals surface area contributed by atoms with Crippen molar-refractivity contribution in [2.75, 3.05) is 7.11 Å². The van der Waals surface area contributed by atoms with Gasteiger partial charge >= 0.3 is 0 Å². The molecule has 0 bridgehead atoms. The van der Waals surface area contributed by atoms with Crippen molar-refractivity contribution in [3.05, 3.63) is 29.3 Å². The van der Waals surface area contributed by atoms with Crippen molar-refractivity contribution in [3.8, 4) is 5.75 Å². The van der Waals surface area contributed by atoms with Gasteiger partial charge in [0, 0.05) is 18.6 Å². The number of methoxy groups -OCH3 is 1. The fraction of sp³-hybridized carbons (Fsp3) is 0.533. The van der Waals surface area contributed by atoms with Crippen LogP contribution in [-0.2, 0) is 4.74 Å². The number of rotatable bonds is 3. The summed E-state index contributed by atoms with van der Waals surface area (Å²) >= 11 is 0. The molecule has 1 aliphatic rings. The van der Waals surface area contributed by atoms with E-state index in [1.54, 1.807) is 32.2 Å². The van der Waals surface area contributed by atoms with Crippen LogP contribution in [0.1, 0.15) is 36.2 Å². The van der Waals surface area contributed by atoms with Crippen molar-refractivity contribution < 1.29 is 14.6 Å². The predicted molar refractivity (Wildman–Crippen MR) is 73.3 cm³/mol. The highest BCUT2D eigenvalue weighted by Crippen LogP contribution is 2.42. The summed E-state index contributed by atoms with van der Waals surface area (Å²) in [6, 6.07) is 5.26. The minimum atomic E-state index is -0.228. The lowest BCUT2D eigenvalue weighted by molar-refractivity contribution is -0.0942. The molecule has 1 saturated carbocycles. The Bertz CT molecular complexity index is 496. The molecule has 2 unspecified atom stereocenters. The molecule has 1 fully saturated rings. The van der Waals surface area contributed by atoms with E-state index >= 15 is 0 Å². The lowest BCUT2D eigenvalue weighted by atomic mass is 9.64. The second kappa shape index (κ2) is 4.85. The van der Waals surface area contributed by atoms with Crippen LogP contribution in [0.2, 0.25) is 0 Å². The van der Waals surface area contributed by atoms with E-state index in [1.165, 1.54) is 0 Å². The van der Waals surface area contributed by atoms with Gasteiger partial charge in [0.15, 0.2) is 0 Å². The molecule has 1 aromatic rings. The molecule has 0 aromatic heterocycles. The van der Waals surface area contributed by atoms with Crippen molar-refractivity contribution in [1.29, 1.82) is 0 Å². The zero-order chi connectivity index (χ0) is 14.2. The highest BCUT2D eigenvalue weighted by molar-refractivity contribution is 5.97. The van der Waals surface area contributed by atoms with Crippen LogP contribution >= 0.6 is 0 Å². The second-order valence-corrected chi connectivity index (χ2v) is 5.78. The number of nitrogens with one attached hydrogen (secondary N) is 1. The Balaban J connectivity index is 2.09. The molecule has 4 heteroatoms. The summed E-state index contributed by atoms with van der Waals surface area (Å²) in [7, 11) is 1.69. The molecule has 1 amide bonds. The van der Waals surface area contributed by atoms with Crippen LogP contribution < -0.4 is 5.32 Å². The number of aryl methyl sites for hydroxylation is 1. The summed E-state index contributed by atoms with van der Waals surface area (Å²) in [5.41, 5.74) is 0.955. The SMILES string of the molecule is COC1CC(NC(=O)c2cccc(C)c2O)C1(C)C. The maximum absolute atomic E-state index is 12.2. The normalized spacial score (nSPS) is 24.6. The lowest BCUT2D eigenvalue weighted by Gasteiger charge is -2.51. The van der Waals surface area contributed by atoms with Crippen LogP contribution in [-0.4, -0.2) is 30.3 Å². The quantitative estimate of drug-likeness (QED) is 0.879. The number of amides is 1. The molecule has 4 nitrogen and oxygen atoms in total. The van der Waals surface area contributed by atoms with Crippen molar-refractivity contribution in [1.82, 2.24) is 5.32 Å². The first-order valence-corrected chi connectivity index (χ1v) is 6.50. The number of hydrogen-bond acceptors (Lipinski definition) is 3. The van der Waals surface area contributed by atoms with Gasteiger partial charge in [0.25, 0.3) is 5.91 Å². The number of para-hydroxylation sites is 1. The molecule has 2 atom stereocenters. The Kier molecular flexibility index (Phi) is 3.54. The largest absolute Gasteiger partial charge is 0.507 e. The smallest absolute Gasteiger partial charge is 0.255 e. The Morgan fingerprint density at radius 3 is 2.74 bits per heavy atom. The Labute approximate surface area is 113 Å². The number of benzene rings is 1. The molecule has 19 heavy (non-hydrogen) atoms.